The molecule has 0 aliphatic heterocycles. The van der Waals surface area contributed by atoms with Gasteiger partial charge in [0, 0.05) is 18.9 Å². The highest BCUT2D eigenvalue weighted by molar-refractivity contribution is 7.90. The highest BCUT2D eigenvalue weighted by atomic mass is 32.2. The van der Waals surface area contributed by atoms with Gasteiger partial charge in [-0.2, -0.15) is 5.26 Å². The predicted octanol–water partition coefficient (Wildman–Crippen LogP) is 0.318. The molecule has 18 heavy (non-hydrogen) atoms. The van der Waals surface area contributed by atoms with Crippen LogP contribution in [0.15, 0.2) is 12.3 Å². The highest BCUT2D eigenvalue weighted by Gasteiger charge is 2.12. The van der Waals surface area contributed by atoms with Crippen molar-refractivity contribution in [2.45, 2.75) is 0 Å². The van der Waals surface area contributed by atoms with Gasteiger partial charge in [0.2, 0.25) is 0 Å². The molecule has 1 aromatic heterocycles. The van der Waals surface area contributed by atoms with Crippen LogP contribution in [-0.4, -0.2) is 36.9 Å². The van der Waals surface area contributed by atoms with Crippen LogP contribution in [0.3, 0.4) is 0 Å². The van der Waals surface area contributed by atoms with Crippen LogP contribution in [0.5, 0.6) is 0 Å². The summed E-state index contributed by atoms with van der Waals surface area (Å²) in [4.78, 5) is 13.5. The molecule has 8 nitrogen and oxygen atoms in total. The summed E-state index contributed by atoms with van der Waals surface area (Å²) < 4.78 is 21.8. The van der Waals surface area contributed by atoms with E-state index in [1.54, 1.807) is 6.07 Å². The molecule has 9 heteroatoms. The number of nitriles is 1. The lowest BCUT2D eigenvalue weighted by molar-refractivity contribution is -0.385. The van der Waals surface area contributed by atoms with Crippen molar-refractivity contribution >= 4 is 21.3 Å². The molecule has 0 saturated heterocycles. The third-order valence-electron chi connectivity index (χ3n) is 1.97. The molecule has 0 saturated carbocycles. The zero-order chi connectivity index (χ0) is 13.8. The number of nitrogens with zero attached hydrogens (tertiary/aromatic N) is 3. The number of hydrogen-bond acceptors (Lipinski definition) is 7. The lowest BCUT2D eigenvalue weighted by Gasteiger charge is -2.05. The van der Waals surface area contributed by atoms with E-state index in [0.29, 0.717) is 0 Å². The topological polar surface area (TPSA) is 126 Å². The minimum Gasteiger partial charge on any atom is -0.368 e. The second kappa shape index (κ2) is 5.42. The zero-order valence-electron chi connectivity index (χ0n) is 9.45. The summed E-state index contributed by atoms with van der Waals surface area (Å²) in [6.07, 6.45) is 2.09. The van der Waals surface area contributed by atoms with Crippen LogP contribution < -0.4 is 5.32 Å². The number of nitro groups is 1. The second-order valence-corrected chi connectivity index (χ2v) is 5.78. The van der Waals surface area contributed by atoms with E-state index in [1.807, 2.05) is 0 Å². The number of hydrogen-bond donors (Lipinski definition) is 1. The first-order valence-corrected chi connectivity index (χ1v) is 6.85. The van der Waals surface area contributed by atoms with Crippen molar-refractivity contribution in [3.05, 3.63) is 27.9 Å². The van der Waals surface area contributed by atoms with Crippen LogP contribution >= 0.6 is 0 Å². The molecule has 96 valence electrons. The minimum atomic E-state index is -3.12. The van der Waals surface area contributed by atoms with Crippen molar-refractivity contribution < 1.29 is 13.3 Å². The van der Waals surface area contributed by atoms with E-state index in [1.165, 1.54) is 0 Å². The summed E-state index contributed by atoms with van der Waals surface area (Å²) in [6.45, 7) is 0.0817. The van der Waals surface area contributed by atoms with Crippen molar-refractivity contribution in [3.63, 3.8) is 0 Å². The fourth-order valence-electron chi connectivity index (χ4n) is 1.13. The van der Waals surface area contributed by atoms with Crippen molar-refractivity contribution in [2.75, 3.05) is 23.9 Å². The van der Waals surface area contributed by atoms with Gasteiger partial charge in [-0.3, -0.25) is 10.1 Å². The molecule has 0 aliphatic carbocycles. The highest BCUT2D eigenvalue weighted by Crippen LogP contribution is 2.17. The Hall–Kier alpha value is -2.21. The smallest absolute Gasteiger partial charge is 0.289 e. The number of rotatable bonds is 5. The van der Waals surface area contributed by atoms with Gasteiger partial charge in [0.15, 0.2) is 0 Å². The zero-order valence-corrected chi connectivity index (χ0v) is 10.3. The van der Waals surface area contributed by atoms with Gasteiger partial charge in [-0.25, -0.2) is 13.4 Å². The number of anilines is 1. The van der Waals surface area contributed by atoms with E-state index in [0.717, 1.165) is 18.5 Å². The molecular formula is C9H10N4O4S. The summed E-state index contributed by atoms with van der Waals surface area (Å²) >= 11 is 0. The maximum Gasteiger partial charge on any atom is 0.289 e. The first kappa shape index (κ1) is 13.9. The van der Waals surface area contributed by atoms with Crippen molar-refractivity contribution in [3.8, 4) is 6.07 Å². The fraction of sp³-hybridized carbons (Fsp3) is 0.333. The first-order chi connectivity index (χ1) is 8.33. The van der Waals surface area contributed by atoms with Crippen molar-refractivity contribution in [1.29, 1.82) is 5.26 Å². The van der Waals surface area contributed by atoms with Gasteiger partial charge in [0.25, 0.3) is 5.69 Å². The lowest BCUT2D eigenvalue weighted by Crippen LogP contribution is -2.15. The van der Waals surface area contributed by atoms with Crippen LogP contribution in [0.2, 0.25) is 0 Å². The molecular weight excluding hydrogens is 260 g/mol. The summed E-state index contributed by atoms with van der Waals surface area (Å²) in [6, 6.07) is 2.84. The Bertz CT molecular complexity index is 605. The maximum atomic E-state index is 10.9. The Labute approximate surface area is 103 Å². The normalized spacial score (nSPS) is 10.7. The van der Waals surface area contributed by atoms with E-state index in [2.05, 4.69) is 10.3 Å². The van der Waals surface area contributed by atoms with Gasteiger partial charge in [-0.15, -0.1) is 0 Å². The molecule has 1 aromatic rings. The molecule has 0 aromatic carbocycles. The van der Waals surface area contributed by atoms with Gasteiger partial charge in [-0.1, -0.05) is 0 Å². The molecule has 1 rings (SSSR count). The third-order valence-corrected chi connectivity index (χ3v) is 2.92. The van der Waals surface area contributed by atoms with Gasteiger partial charge in [0.05, 0.1) is 10.7 Å². The molecule has 0 unspecified atom stereocenters. The van der Waals surface area contributed by atoms with E-state index in [-0.39, 0.29) is 29.4 Å². The van der Waals surface area contributed by atoms with Crippen LogP contribution in [-0.2, 0) is 9.84 Å². The largest absolute Gasteiger partial charge is 0.368 e. The number of nitrogens with one attached hydrogen (secondary N) is 1. The molecule has 0 aliphatic rings. The average molecular weight is 270 g/mol. The van der Waals surface area contributed by atoms with E-state index in [4.69, 9.17) is 5.26 Å². The molecule has 0 spiro atoms. The second-order valence-electron chi connectivity index (χ2n) is 3.52. The van der Waals surface area contributed by atoms with E-state index < -0.39 is 14.8 Å². The molecule has 1 N–H and O–H groups in total. The Morgan fingerprint density at radius 2 is 2.28 bits per heavy atom. The number of aromatic nitrogens is 1. The minimum absolute atomic E-state index is 0.00213. The number of pyridine rings is 1. The summed E-state index contributed by atoms with van der Waals surface area (Å²) in [5.41, 5.74) is -0.294. The van der Waals surface area contributed by atoms with Gasteiger partial charge < -0.3 is 5.32 Å². The monoisotopic (exact) mass is 270 g/mol. The van der Waals surface area contributed by atoms with Crippen LogP contribution in [0, 0.1) is 21.4 Å². The maximum absolute atomic E-state index is 10.9. The van der Waals surface area contributed by atoms with Crippen LogP contribution in [0.1, 0.15) is 5.56 Å². The standard InChI is InChI=1S/C9H10N4O4S/c1-18(16,17)3-2-11-9-7(5-10)4-8(6-12-9)13(14)15/h4,6H,2-3H2,1H3,(H,11,12). The molecule has 0 bridgehead atoms. The van der Waals surface area contributed by atoms with Crippen molar-refractivity contribution in [2.24, 2.45) is 0 Å². The van der Waals surface area contributed by atoms with Crippen molar-refractivity contribution in [1.82, 2.24) is 4.98 Å². The number of sulfone groups is 1. The quantitative estimate of drug-likeness (QED) is 0.602. The summed E-state index contributed by atoms with van der Waals surface area (Å²) in [5, 5.41) is 21.9. The molecule has 0 fully saturated rings. The summed E-state index contributed by atoms with van der Waals surface area (Å²) in [5.74, 6) is 0.0167. The van der Waals surface area contributed by atoms with Gasteiger partial charge in [-0.05, 0) is 0 Å². The van der Waals surface area contributed by atoms with Gasteiger partial charge in [0.1, 0.15) is 33.5 Å². The predicted molar refractivity (Wildman–Crippen MR) is 63.8 cm³/mol. The molecule has 0 atom stereocenters. The molecule has 0 amide bonds. The average Bonchev–Trinajstić information content (AvgIpc) is 2.27. The Morgan fingerprint density at radius 3 is 2.78 bits per heavy atom. The fourth-order valence-corrected chi connectivity index (χ4v) is 1.61. The lowest BCUT2D eigenvalue weighted by atomic mass is 10.2. The van der Waals surface area contributed by atoms with Gasteiger partial charge >= 0.3 is 0 Å². The molecule has 1 heterocycles. The van der Waals surface area contributed by atoms with E-state index in [9.17, 15) is 18.5 Å². The SMILES string of the molecule is CS(=O)(=O)CCNc1ncc([N+](=O)[O-])cc1C#N. The summed E-state index contributed by atoms with van der Waals surface area (Å²) in [7, 11) is -3.12. The molecule has 0 radical (unpaired) electrons. The Kier molecular flexibility index (Phi) is 4.17. The Balaban J connectivity index is 2.84. The first-order valence-electron chi connectivity index (χ1n) is 4.79. The Morgan fingerprint density at radius 1 is 1.61 bits per heavy atom. The van der Waals surface area contributed by atoms with Crippen LogP contribution in [0.25, 0.3) is 0 Å². The van der Waals surface area contributed by atoms with Crippen LogP contribution in [0.4, 0.5) is 11.5 Å². The third kappa shape index (κ3) is 3.99. The van der Waals surface area contributed by atoms with E-state index >= 15 is 0 Å².